The van der Waals surface area contributed by atoms with Gasteiger partial charge in [0, 0.05) is 11.6 Å². The number of hydrogen-bond acceptors (Lipinski definition) is 2. The van der Waals surface area contributed by atoms with Crippen LogP contribution < -0.4 is 5.73 Å². The maximum Gasteiger partial charge on any atom is 0.126 e. The Morgan fingerprint density at radius 3 is 2.72 bits per heavy atom. The summed E-state index contributed by atoms with van der Waals surface area (Å²) in [6, 6.07) is 5.79. The van der Waals surface area contributed by atoms with Crippen LogP contribution in [-0.2, 0) is 6.54 Å². The Morgan fingerprint density at radius 1 is 1.39 bits per heavy atom. The van der Waals surface area contributed by atoms with Crippen LogP contribution in [0.4, 0.5) is 0 Å². The van der Waals surface area contributed by atoms with Crippen molar-refractivity contribution in [3.8, 4) is 0 Å². The topological polar surface area (TPSA) is 43.8 Å². The second-order valence-corrected chi connectivity index (χ2v) is 5.52. The van der Waals surface area contributed by atoms with Crippen molar-refractivity contribution in [1.82, 2.24) is 9.55 Å². The van der Waals surface area contributed by atoms with E-state index in [1.807, 2.05) is 18.2 Å². The number of hydrogen-bond donors (Lipinski definition) is 1. The van der Waals surface area contributed by atoms with Gasteiger partial charge in [0.15, 0.2) is 0 Å². The molecule has 1 atom stereocenters. The highest BCUT2D eigenvalue weighted by Gasteiger charge is 2.17. The van der Waals surface area contributed by atoms with Crippen LogP contribution in [0, 0.1) is 5.92 Å². The average molecular weight is 266 g/mol. The van der Waals surface area contributed by atoms with Crippen LogP contribution >= 0.6 is 11.6 Å². The molecule has 0 bridgehead atoms. The molecule has 98 valence electrons. The van der Waals surface area contributed by atoms with Gasteiger partial charge >= 0.3 is 0 Å². The molecule has 4 heteroatoms. The number of nitrogens with two attached hydrogens (primary N) is 1. The number of nitrogens with zero attached hydrogens (tertiary/aromatic N) is 2. The molecule has 2 N–H and O–H groups in total. The van der Waals surface area contributed by atoms with Crippen LogP contribution in [-0.4, -0.2) is 9.55 Å². The molecule has 0 radical (unpaired) electrons. The third kappa shape index (κ3) is 2.52. The van der Waals surface area contributed by atoms with Crippen LogP contribution in [0.15, 0.2) is 18.2 Å². The third-order valence-electron chi connectivity index (χ3n) is 3.11. The van der Waals surface area contributed by atoms with Crippen molar-refractivity contribution >= 4 is 22.6 Å². The van der Waals surface area contributed by atoms with E-state index in [0.717, 1.165) is 29.8 Å². The zero-order valence-corrected chi connectivity index (χ0v) is 11.9. The van der Waals surface area contributed by atoms with Gasteiger partial charge in [0.1, 0.15) is 5.82 Å². The summed E-state index contributed by atoms with van der Waals surface area (Å²) < 4.78 is 2.18. The highest BCUT2D eigenvalue weighted by molar-refractivity contribution is 6.31. The molecule has 0 fully saturated rings. The molecule has 1 heterocycles. The zero-order chi connectivity index (χ0) is 13.3. The van der Waals surface area contributed by atoms with Crippen LogP contribution in [0.2, 0.25) is 5.02 Å². The molecule has 0 aliphatic heterocycles. The monoisotopic (exact) mass is 265 g/mol. The second kappa shape index (κ2) is 5.29. The predicted octanol–water partition coefficient (Wildman–Crippen LogP) is 3.76. The Kier molecular flexibility index (Phi) is 3.93. The molecular weight excluding hydrogens is 246 g/mol. The molecule has 0 amide bonds. The van der Waals surface area contributed by atoms with E-state index < -0.39 is 0 Å². The van der Waals surface area contributed by atoms with Crippen molar-refractivity contribution in [3.05, 3.63) is 29.0 Å². The van der Waals surface area contributed by atoms with E-state index in [9.17, 15) is 0 Å². The first-order valence-electron chi connectivity index (χ1n) is 6.44. The number of fused-ring (bicyclic) bond motifs is 1. The molecule has 1 aromatic carbocycles. The van der Waals surface area contributed by atoms with Crippen molar-refractivity contribution in [1.29, 1.82) is 0 Å². The molecule has 0 aliphatic carbocycles. The Hall–Kier alpha value is -1.06. The summed E-state index contributed by atoms with van der Waals surface area (Å²) >= 11 is 6.01. The van der Waals surface area contributed by atoms with Gasteiger partial charge in [-0.25, -0.2) is 4.98 Å². The Labute approximate surface area is 113 Å². The van der Waals surface area contributed by atoms with E-state index in [-0.39, 0.29) is 6.04 Å². The minimum Gasteiger partial charge on any atom is -0.327 e. The van der Waals surface area contributed by atoms with E-state index in [1.165, 1.54) is 0 Å². The standard InChI is InChI=1S/C14H20ClN3/c1-4-18-13-6-5-10(15)8-12(13)17-14(18)11(16)7-9(2)3/h5-6,8-9,11H,4,7,16H2,1-3H3. The fourth-order valence-electron chi connectivity index (χ4n) is 2.35. The van der Waals surface area contributed by atoms with Crippen molar-refractivity contribution in [2.45, 2.75) is 39.8 Å². The lowest BCUT2D eigenvalue weighted by atomic mass is 10.0. The quantitative estimate of drug-likeness (QED) is 0.915. The van der Waals surface area contributed by atoms with E-state index in [4.69, 9.17) is 17.3 Å². The Morgan fingerprint density at radius 2 is 2.11 bits per heavy atom. The van der Waals surface area contributed by atoms with Gasteiger partial charge in [0.25, 0.3) is 0 Å². The van der Waals surface area contributed by atoms with Crippen LogP contribution in [0.25, 0.3) is 11.0 Å². The number of rotatable bonds is 4. The van der Waals surface area contributed by atoms with Crippen molar-refractivity contribution in [3.63, 3.8) is 0 Å². The van der Waals surface area contributed by atoms with Crippen molar-refractivity contribution < 1.29 is 0 Å². The SMILES string of the molecule is CCn1c(C(N)CC(C)C)nc2cc(Cl)ccc21. The lowest BCUT2D eigenvalue weighted by molar-refractivity contribution is 0.479. The van der Waals surface area contributed by atoms with Gasteiger partial charge in [-0.2, -0.15) is 0 Å². The molecule has 0 spiro atoms. The second-order valence-electron chi connectivity index (χ2n) is 5.08. The molecule has 2 rings (SSSR count). The minimum atomic E-state index is -0.0175. The first-order chi connectivity index (χ1) is 8.52. The maximum absolute atomic E-state index is 6.26. The van der Waals surface area contributed by atoms with Gasteiger partial charge < -0.3 is 10.3 Å². The van der Waals surface area contributed by atoms with Crippen LogP contribution in [0.5, 0.6) is 0 Å². The van der Waals surface area contributed by atoms with Crippen molar-refractivity contribution in [2.24, 2.45) is 11.7 Å². The molecule has 18 heavy (non-hydrogen) atoms. The normalized spacial score (nSPS) is 13.4. The Bertz CT molecular complexity index is 545. The summed E-state index contributed by atoms with van der Waals surface area (Å²) in [7, 11) is 0. The highest BCUT2D eigenvalue weighted by Crippen LogP contribution is 2.25. The first-order valence-corrected chi connectivity index (χ1v) is 6.82. The van der Waals surface area contributed by atoms with E-state index in [0.29, 0.717) is 10.9 Å². The lowest BCUT2D eigenvalue weighted by Gasteiger charge is -2.15. The predicted molar refractivity (Wildman–Crippen MR) is 76.8 cm³/mol. The van der Waals surface area contributed by atoms with Gasteiger partial charge in [-0.15, -0.1) is 0 Å². The average Bonchev–Trinajstić information content (AvgIpc) is 2.65. The molecule has 0 aliphatic rings. The number of imidazole rings is 1. The highest BCUT2D eigenvalue weighted by atomic mass is 35.5. The van der Waals surface area contributed by atoms with Gasteiger partial charge in [-0.3, -0.25) is 0 Å². The minimum absolute atomic E-state index is 0.0175. The molecule has 1 aromatic heterocycles. The molecule has 3 nitrogen and oxygen atoms in total. The van der Waals surface area contributed by atoms with Crippen molar-refractivity contribution in [2.75, 3.05) is 0 Å². The summed E-state index contributed by atoms with van der Waals surface area (Å²) in [6.45, 7) is 7.34. The van der Waals surface area contributed by atoms with Crippen LogP contribution in [0.3, 0.4) is 0 Å². The molecule has 0 saturated heterocycles. The van der Waals surface area contributed by atoms with Gasteiger partial charge in [-0.05, 0) is 37.5 Å². The number of aryl methyl sites for hydroxylation is 1. The molecular formula is C14H20ClN3. The van der Waals surface area contributed by atoms with Crippen LogP contribution in [0.1, 0.15) is 39.1 Å². The van der Waals surface area contributed by atoms with E-state index in [2.05, 4.69) is 30.3 Å². The van der Waals surface area contributed by atoms with E-state index >= 15 is 0 Å². The van der Waals surface area contributed by atoms with Gasteiger partial charge in [0.2, 0.25) is 0 Å². The summed E-state index contributed by atoms with van der Waals surface area (Å²) in [4.78, 5) is 4.65. The zero-order valence-electron chi connectivity index (χ0n) is 11.2. The van der Waals surface area contributed by atoms with E-state index in [1.54, 1.807) is 0 Å². The van der Waals surface area contributed by atoms with Gasteiger partial charge in [0.05, 0.1) is 17.1 Å². The van der Waals surface area contributed by atoms with Gasteiger partial charge in [-0.1, -0.05) is 25.4 Å². The smallest absolute Gasteiger partial charge is 0.126 e. The molecule has 1 unspecified atom stereocenters. The summed E-state index contributed by atoms with van der Waals surface area (Å²) in [5, 5.41) is 0.715. The molecule has 2 aromatic rings. The summed E-state index contributed by atoms with van der Waals surface area (Å²) in [5.74, 6) is 1.53. The fourth-order valence-corrected chi connectivity index (χ4v) is 2.52. The molecule has 0 saturated carbocycles. The largest absolute Gasteiger partial charge is 0.327 e. The summed E-state index contributed by atoms with van der Waals surface area (Å²) in [6.07, 6.45) is 0.942. The number of benzene rings is 1. The fraction of sp³-hybridized carbons (Fsp3) is 0.500. The maximum atomic E-state index is 6.26. The number of aromatic nitrogens is 2. The first kappa shape index (κ1) is 13.4. The number of halogens is 1. The third-order valence-corrected chi connectivity index (χ3v) is 3.35. The lowest BCUT2D eigenvalue weighted by Crippen LogP contribution is -2.18. The summed E-state index contributed by atoms with van der Waals surface area (Å²) in [5.41, 5.74) is 8.29. The Balaban J connectivity index is 2.49.